The van der Waals surface area contributed by atoms with Gasteiger partial charge in [0.15, 0.2) is 0 Å². The summed E-state index contributed by atoms with van der Waals surface area (Å²) in [5.74, 6) is 0.521. The number of pyridine rings is 2. The van der Waals surface area contributed by atoms with Crippen LogP contribution in [0.25, 0.3) is 22.4 Å². The van der Waals surface area contributed by atoms with Crippen LogP contribution in [-0.4, -0.2) is 9.97 Å². The zero-order valence-corrected chi connectivity index (χ0v) is 10.3. The van der Waals surface area contributed by atoms with E-state index in [0.717, 1.165) is 22.4 Å². The van der Waals surface area contributed by atoms with Crippen LogP contribution in [0, 0.1) is 0 Å². The van der Waals surface area contributed by atoms with Crippen molar-refractivity contribution in [1.82, 2.24) is 9.97 Å². The minimum absolute atomic E-state index is 0.521. The molecule has 3 nitrogen and oxygen atoms in total. The number of rotatable bonds is 2. The van der Waals surface area contributed by atoms with Gasteiger partial charge >= 0.3 is 0 Å². The van der Waals surface area contributed by atoms with Gasteiger partial charge in [0, 0.05) is 18.0 Å². The molecule has 1 aromatic carbocycles. The number of benzene rings is 1. The summed E-state index contributed by atoms with van der Waals surface area (Å²) in [4.78, 5) is 8.39. The number of aromatic nitrogens is 2. The van der Waals surface area contributed by atoms with E-state index in [-0.39, 0.29) is 0 Å². The van der Waals surface area contributed by atoms with Crippen LogP contribution in [0.15, 0.2) is 67.0 Å². The topological polar surface area (TPSA) is 51.8 Å². The zero-order valence-electron chi connectivity index (χ0n) is 10.3. The van der Waals surface area contributed by atoms with Crippen molar-refractivity contribution in [3.05, 3.63) is 67.0 Å². The molecule has 3 aromatic rings. The van der Waals surface area contributed by atoms with Crippen molar-refractivity contribution in [3.8, 4) is 22.4 Å². The molecule has 2 N–H and O–H groups in total. The molecule has 0 aliphatic heterocycles. The van der Waals surface area contributed by atoms with Gasteiger partial charge in [-0.25, -0.2) is 4.98 Å². The first-order chi connectivity index (χ1) is 9.33. The first-order valence-corrected chi connectivity index (χ1v) is 6.06. The third-order valence-corrected chi connectivity index (χ3v) is 2.93. The molecular weight excluding hydrogens is 234 g/mol. The third-order valence-electron chi connectivity index (χ3n) is 2.93. The number of hydrogen-bond donors (Lipinski definition) is 1. The van der Waals surface area contributed by atoms with Crippen molar-refractivity contribution in [1.29, 1.82) is 0 Å². The lowest BCUT2D eigenvalue weighted by atomic mass is 10.0. The van der Waals surface area contributed by atoms with Crippen LogP contribution < -0.4 is 5.73 Å². The number of nitrogens with zero attached hydrogens (tertiary/aromatic N) is 2. The average molecular weight is 247 g/mol. The normalized spacial score (nSPS) is 10.3. The molecule has 19 heavy (non-hydrogen) atoms. The Morgan fingerprint density at radius 3 is 2.21 bits per heavy atom. The third kappa shape index (κ3) is 2.45. The van der Waals surface area contributed by atoms with E-state index in [2.05, 4.69) is 22.1 Å². The van der Waals surface area contributed by atoms with Crippen molar-refractivity contribution in [2.45, 2.75) is 0 Å². The maximum atomic E-state index is 5.91. The number of hydrogen-bond acceptors (Lipinski definition) is 3. The molecule has 2 heterocycles. The van der Waals surface area contributed by atoms with Gasteiger partial charge in [-0.15, -0.1) is 0 Å². The zero-order chi connectivity index (χ0) is 13.1. The quantitative estimate of drug-likeness (QED) is 0.755. The SMILES string of the molecule is Nc1cc(-c2ccccc2)cc(-c2ccncc2)n1. The molecule has 0 bridgehead atoms. The second kappa shape index (κ2) is 4.90. The van der Waals surface area contributed by atoms with Crippen LogP contribution >= 0.6 is 0 Å². The second-order valence-electron chi connectivity index (χ2n) is 4.27. The first-order valence-electron chi connectivity index (χ1n) is 6.06. The molecule has 0 saturated heterocycles. The molecule has 0 spiro atoms. The van der Waals surface area contributed by atoms with E-state index in [1.165, 1.54) is 0 Å². The lowest BCUT2D eigenvalue weighted by molar-refractivity contribution is 1.29. The number of nitrogens with two attached hydrogens (primary N) is 1. The Morgan fingerprint density at radius 1 is 0.737 bits per heavy atom. The fourth-order valence-electron chi connectivity index (χ4n) is 2.02. The molecule has 0 saturated carbocycles. The molecule has 0 unspecified atom stereocenters. The molecule has 2 aromatic heterocycles. The van der Waals surface area contributed by atoms with Crippen LogP contribution in [0.5, 0.6) is 0 Å². The Balaban J connectivity index is 2.12. The molecule has 0 aliphatic rings. The minimum atomic E-state index is 0.521. The summed E-state index contributed by atoms with van der Waals surface area (Å²) in [6.07, 6.45) is 3.50. The van der Waals surface area contributed by atoms with Gasteiger partial charge < -0.3 is 5.73 Å². The maximum absolute atomic E-state index is 5.91. The average Bonchev–Trinajstić information content (AvgIpc) is 2.48. The monoisotopic (exact) mass is 247 g/mol. The minimum Gasteiger partial charge on any atom is -0.384 e. The highest BCUT2D eigenvalue weighted by Gasteiger charge is 2.04. The standard InChI is InChI=1S/C16H13N3/c17-16-11-14(12-4-2-1-3-5-12)10-15(19-16)13-6-8-18-9-7-13/h1-11H,(H2,17,19). The van der Waals surface area contributed by atoms with E-state index in [0.29, 0.717) is 5.82 Å². The van der Waals surface area contributed by atoms with Gasteiger partial charge in [-0.1, -0.05) is 30.3 Å². The Hall–Kier alpha value is -2.68. The predicted octanol–water partition coefficient (Wildman–Crippen LogP) is 3.39. The predicted molar refractivity (Wildman–Crippen MR) is 77.3 cm³/mol. The lowest BCUT2D eigenvalue weighted by Crippen LogP contribution is -1.94. The Morgan fingerprint density at radius 2 is 1.47 bits per heavy atom. The summed E-state index contributed by atoms with van der Waals surface area (Å²) in [6.45, 7) is 0. The van der Waals surface area contributed by atoms with Crippen molar-refractivity contribution >= 4 is 5.82 Å². The molecule has 92 valence electrons. The van der Waals surface area contributed by atoms with Crippen LogP contribution in [-0.2, 0) is 0 Å². The van der Waals surface area contributed by atoms with E-state index < -0.39 is 0 Å². The highest BCUT2D eigenvalue weighted by Crippen LogP contribution is 2.26. The van der Waals surface area contributed by atoms with Crippen molar-refractivity contribution in [3.63, 3.8) is 0 Å². The Bertz CT molecular complexity index is 621. The summed E-state index contributed by atoms with van der Waals surface area (Å²) in [6, 6.07) is 17.9. The van der Waals surface area contributed by atoms with Crippen molar-refractivity contribution < 1.29 is 0 Å². The molecule has 0 aliphatic carbocycles. The molecule has 0 amide bonds. The highest BCUT2D eigenvalue weighted by atomic mass is 14.8. The molecule has 3 heteroatoms. The van der Waals surface area contributed by atoms with E-state index in [9.17, 15) is 0 Å². The summed E-state index contributed by atoms with van der Waals surface area (Å²) in [5, 5.41) is 0. The summed E-state index contributed by atoms with van der Waals surface area (Å²) in [7, 11) is 0. The van der Waals surface area contributed by atoms with Gasteiger partial charge in [0.1, 0.15) is 5.82 Å². The van der Waals surface area contributed by atoms with E-state index in [1.807, 2.05) is 42.5 Å². The van der Waals surface area contributed by atoms with E-state index >= 15 is 0 Å². The fourth-order valence-corrected chi connectivity index (χ4v) is 2.02. The van der Waals surface area contributed by atoms with Gasteiger partial charge in [-0.2, -0.15) is 0 Å². The smallest absolute Gasteiger partial charge is 0.124 e. The van der Waals surface area contributed by atoms with Crippen LogP contribution in [0.4, 0.5) is 5.82 Å². The van der Waals surface area contributed by atoms with Gasteiger partial charge in [0.2, 0.25) is 0 Å². The number of anilines is 1. The molecule has 0 fully saturated rings. The van der Waals surface area contributed by atoms with Gasteiger partial charge in [-0.3, -0.25) is 4.98 Å². The van der Waals surface area contributed by atoms with Crippen LogP contribution in [0.3, 0.4) is 0 Å². The Kier molecular flexibility index (Phi) is 2.94. The number of nitrogen functional groups attached to an aromatic ring is 1. The first kappa shape index (κ1) is 11.4. The second-order valence-corrected chi connectivity index (χ2v) is 4.27. The molecule has 0 radical (unpaired) electrons. The van der Waals surface area contributed by atoms with E-state index in [4.69, 9.17) is 5.73 Å². The van der Waals surface area contributed by atoms with Gasteiger partial charge in [0.25, 0.3) is 0 Å². The van der Waals surface area contributed by atoms with Gasteiger partial charge in [-0.05, 0) is 35.4 Å². The molecular formula is C16H13N3. The summed E-state index contributed by atoms with van der Waals surface area (Å²) in [5.41, 5.74) is 9.98. The lowest BCUT2D eigenvalue weighted by Gasteiger charge is -2.07. The van der Waals surface area contributed by atoms with E-state index in [1.54, 1.807) is 12.4 Å². The van der Waals surface area contributed by atoms with Crippen LogP contribution in [0.2, 0.25) is 0 Å². The highest BCUT2D eigenvalue weighted by molar-refractivity contribution is 5.73. The van der Waals surface area contributed by atoms with Gasteiger partial charge in [0.05, 0.1) is 5.69 Å². The maximum Gasteiger partial charge on any atom is 0.124 e. The largest absolute Gasteiger partial charge is 0.384 e. The molecule has 3 rings (SSSR count). The van der Waals surface area contributed by atoms with Crippen molar-refractivity contribution in [2.75, 3.05) is 5.73 Å². The summed E-state index contributed by atoms with van der Waals surface area (Å²) < 4.78 is 0. The molecule has 0 atom stereocenters. The fraction of sp³-hybridized carbons (Fsp3) is 0. The Labute approximate surface area is 111 Å². The van der Waals surface area contributed by atoms with Crippen molar-refractivity contribution in [2.24, 2.45) is 0 Å². The summed E-state index contributed by atoms with van der Waals surface area (Å²) >= 11 is 0. The van der Waals surface area contributed by atoms with Crippen LogP contribution in [0.1, 0.15) is 0 Å².